The smallest absolute Gasteiger partial charge is 0.220 e. The lowest BCUT2D eigenvalue weighted by molar-refractivity contribution is -0.121. The Morgan fingerprint density at radius 2 is 1.83 bits per heavy atom. The fourth-order valence-electron chi connectivity index (χ4n) is 2.38. The minimum absolute atomic E-state index is 0.123. The highest BCUT2D eigenvalue weighted by atomic mass is 16.5. The molecule has 0 saturated carbocycles. The number of nitrogens with one attached hydrogen (secondary N) is 1. The van der Waals surface area contributed by atoms with Crippen LogP contribution in [0, 0.1) is 5.92 Å². The summed E-state index contributed by atoms with van der Waals surface area (Å²) in [5.74, 6) is 2.34. The Labute approximate surface area is 140 Å². The lowest BCUT2D eigenvalue weighted by Gasteiger charge is -2.15. The zero-order valence-electron chi connectivity index (χ0n) is 14.8. The standard InChI is InChI=1S/C19H31NO3/c1-4-6-8-16(5-2)15-20-19(21)9-7-14-23-18-12-10-17(22-3)11-13-18/h10-13,16H,4-9,14-15H2,1-3H3,(H,20,21)/t16-/m1/s1. The van der Waals surface area contributed by atoms with E-state index in [1.165, 1.54) is 19.3 Å². The molecule has 0 aliphatic rings. The van der Waals surface area contributed by atoms with Crippen molar-refractivity contribution >= 4 is 5.91 Å². The van der Waals surface area contributed by atoms with Gasteiger partial charge in [-0.1, -0.05) is 33.1 Å². The number of ether oxygens (including phenoxy) is 2. The van der Waals surface area contributed by atoms with Crippen molar-refractivity contribution in [2.75, 3.05) is 20.3 Å². The van der Waals surface area contributed by atoms with Crippen molar-refractivity contribution in [3.63, 3.8) is 0 Å². The Kier molecular flexibility index (Phi) is 9.92. The third kappa shape index (κ3) is 8.48. The molecule has 4 nitrogen and oxygen atoms in total. The van der Waals surface area contributed by atoms with Gasteiger partial charge in [-0.3, -0.25) is 4.79 Å². The molecule has 1 atom stereocenters. The molecule has 0 fully saturated rings. The summed E-state index contributed by atoms with van der Waals surface area (Å²) in [6.45, 7) is 5.74. The van der Waals surface area contributed by atoms with Crippen LogP contribution in [0.1, 0.15) is 52.4 Å². The lowest BCUT2D eigenvalue weighted by atomic mass is 9.99. The van der Waals surface area contributed by atoms with Gasteiger partial charge in [0.25, 0.3) is 0 Å². The molecule has 0 saturated heterocycles. The molecule has 0 aromatic heterocycles. The van der Waals surface area contributed by atoms with E-state index in [0.29, 0.717) is 18.9 Å². The van der Waals surface area contributed by atoms with E-state index in [-0.39, 0.29) is 5.91 Å². The monoisotopic (exact) mass is 321 g/mol. The first-order valence-corrected chi connectivity index (χ1v) is 8.73. The number of hydrogen-bond acceptors (Lipinski definition) is 3. The van der Waals surface area contributed by atoms with Crippen LogP contribution in [0.4, 0.5) is 0 Å². The highest BCUT2D eigenvalue weighted by molar-refractivity contribution is 5.75. The Bertz CT molecular complexity index is 431. The number of methoxy groups -OCH3 is 1. The second-order valence-corrected chi connectivity index (χ2v) is 5.85. The van der Waals surface area contributed by atoms with Crippen LogP contribution >= 0.6 is 0 Å². The van der Waals surface area contributed by atoms with Crippen LogP contribution in [-0.4, -0.2) is 26.2 Å². The van der Waals surface area contributed by atoms with Gasteiger partial charge in [-0.15, -0.1) is 0 Å². The first-order chi connectivity index (χ1) is 11.2. The second-order valence-electron chi connectivity index (χ2n) is 5.85. The van der Waals surface area contributed by atoms with E-state index in [2.05, 4.69) is 19.2 Å². The molecular weight excluding hydrogens is 290 g/mol. The van der Waals surface area contributed by atoms with Gasteiger partial charge in [0.1, 0.15) is 11.5 Å². The fraction of sp³-hybridized carbons (Fsp3) is 0.632. The number of carbonyl (C=O) groups is 1. The molecular formula is C19H31NO3. The summed E-state index contributed by atoms with van der Waals surface area (Å²) < 4.78 is 10.7. The summed E-state index contributed by atoms with van der Waals surface area (Å²) >= 11 is 0. The van der Waals surface area contributed by atoms with Gasteiger partial charge in [0.2, 0.25) is 5.91 Å². The first kappa shape index (κ1) is 19.3. The molecule has 23 heavy (non-hydrogen) atoms. The van der Waals surface area contributed by atoms with Crippen molar-refractivity contribution in [3.05, 3.63) is 24.3 Å². The Balaban J connectivity index is 2.13. The molecule has 0 radical (unpaired) electrons. The van der Waals surface area contributed by atoms with E-state index in [4.69, 9.17) is 9.47 Å². The van der Waals surface area contributed by atoms with Gasteiger partial charge in [0.05, 0.1) is 13.7 Å². The Hall–Kier alpha value is -1.71. The molecule has 1 amide bonds. The molecule has 1 N–H and O–H groups in total. The summed E-state index contributed by atoms with van der Waals surface area (Å²) in [6, 6.07) is 7.48. The molecule has 4 heteroatoms. The van der Waals surface area contributed by atoms with Crippen molar-refractivity contribution < 1.29 is 14.3 Å². The molecule has 0 unspecified atom stereocenters. The molecule has 1 aromatic carbocycles. The topological polar surface area (TPSA) is 47.6 Å². The number of hydrogen-bond donors (Lipinski definition) is 1. The summed E-state index contributed by atoms with van der Waals surface area (Å²) in [4.78, 5) is 11.8. The van der Waals surface area contributed by atoms with Crippen LogP contribution in [0.3, 0.4) is 0 Å². The van der Waals surface area contributed by atoms with Crippen LogP contribution in [0.25, 0.3) is 0 Å². The van der Waals surface area contributed by atoms with E-state index in [9.17, 15) is 4.79 Å². The van der Waals surface area contributed by atoms with Crippen LogP contribution < -0.4 is 14.8 Å². The van der Waals surface area contributed by atoms with Gasteiger partial charge in [-0.25, -0.2) is 0 Å². The average molecular weight is 321 g/mol. The summed E-state index contributed by atoms with van der Waals surface area (Å²) in [5, 5.41) is 3.05. The van der Waals surface area contributed by atoms with Crippen molar-refractivity contribution in [2.24, 2.45) is 5.92 Å². The minimum Gasteiger partial charge on any atom is -0.497 e. The zero-order chi connectivity index (χ0) is 16.9. The molecule has 0 bridgehead atoms. The molecule has 130 valence electrons. The van der Waals surface area contributed by atoms with Gasteiger partial charge < -0.3 is 14.8 Å². The van der Waals surface area contributed by atoms with Crippen molar-refractivity contribution in [3.8, 4) is 11.5 Å². The molecule has 1 aromatic rings. The maximum atomic E-state index is 11.8. The maximum absolute atomic E-state index is 11.8. The van der Waals surface area contributed by atoms with E-state index in [0.717, 1.165) is 30.9 Å². The number of benzene rings is 1. The lowest BCUT2D eigenvalue weighted by Crippen LogP contribution is -2.29. The van der Waals surface area contributed by atoms with Gasteiger partial charge in [0.15, 0.2) is 0 Å². The third-order valence-electron chi connectivity index (χ3n) is 4.01. The zero-order valence-corrected chi connectivity index (χ0v) is 14.8. The molecule has 0 aliphatic carbocycles. The SMILES string of the molecule is CCCC[C@@H](CC)CNC(=O)CCCOc1ccc(OC)cc1. The Morgan fingerprint density at radius 3 is 2.43 bits per heavy atom. The maximum Gasteiger partial charge on any atom is 0.220 e. The van der Waals surface area contributed by atoms with Gasteiger partial charge in [-0.05, 0) is 43.0 Å². The van der Waals surface area contributed by atoms with Crippen molar-refractivity contribution in [1.82, 2.24) is 5.32 Å². The summed E-state index contributed by atoms with van der Waals surface area (Å²) in [6.07, 6.45) is 6.02. The van der Waals surface area contributed by atoms with E-state index in [1.807, 2.05) is 24.3 Å². The van der Waals surface area contributed by atoms with Gasteiger partial charge in [0, 0.05) is 13.0 Å². The quantitative estimate of drug-likeness (QED) is 0.587. The molecule has 0 heterocycles. The van der Waals surface area contributed by atoms with E-state index >= 15 is 0 Å². The van der Waals surface area contributed by atoms with Gasteiger partial charge >= 0.3 is 0 Å². The van der Waals surface area contributed by atoms with Crippen LogP contribution in [0.5, 0.6) is 11.5 Å². The summed E-state index contributed by atoms with van der Waals surface area (Å²) in [7, 11) is 1.64. The molecule has 1 rings (SSSR count). The Morgan fingerprint density at radius 1 is 1.13 bits per heavy atom. The highest BCUT2D eigenvalue weighted by Gasteiger charge is 2.08. The fourth-order valence-corrected chi connectivity index (χ4v) is 2.38. The number of unbranched alkanes of at least 4 members (excludes halogenated alkanes) is 1. The van der Waals surface area contributed by atoms with Gasteiger partial charge in [-0.2, -0.15) is 0 Å². The van der Waals surface area contributed by atoms with Crippen LogP contribution in [0.15, 0.2) is 24.3 Å². The highest BCUT2D eigenvalue weighted by Crippen LogP contribution is 2.17. The van der Waals surface area contributed by atoms with Crippen LogP contribution in [0.2, 0.25) is 0 Å². The number of amides is 1. The normalized spacial score (nSPS) is 11.8. The minimum atomic E-state index is 0.123. The van der Waals surface area contributed by atoms with Crippen LogP contribution in [-0.2, 0) is 4.79 Å². The predicted molar refractivity (Wildman–Crippen MR) is 94.0 cm³/mol. The third-order valence-corrected chi connectivity index (χ3v) is 4.01. The van der Waals surface area contributed by atoms with E-state index in [1.54, 1.807) is 7.11 Å². The number of rotatable bonds is 12. The summed E-state index contributed by atoms with van der Waals surface area (Å²) in [5.41, 5.74) is 0. The largest absolute Gasteiger partial charge is 0.497 e. The van der Waals surface area contributed by atoms with E-state index < -0.39 is 0 Å². The second kappa shape index (κ2) is 11.8. The van der Waals surface area contributed by atoms with Crippen molar-refractivity contribution in [1.29, 1.82) is 0 Å². The number of carbonyl (C=O) groups excluding carboxylic acids is 1. The first-order valence-electron chi connectivity index (χ1n) is 8.73. The molecule has 0 aliphatic heterocycles. The predicted octanol–water partition coefficient (Wildman–Crippen LogP) is 4.19. The molecule has 0 spiro atoms. The average Bonchev–Trinajstić information content (AvgIpc) is 2.59. The van der Waals surface area contributed by atoms with Crippen molar-refractivity contribution in [2.45, 2.75) is 52.4 Å².